The first kappa shape index (κ1) is 5.32. The third-order valence-electron chi connectivity index (χ3n) is 1.92. The van der Waals surface area contributed by atoms with Crippen LogP contribution in [0.15, 0.2) is 0 Å². The van der Waals surface area contributed by atoms with Gasteiger partial charge in [0.15, 0.2) is 0 Å². The van der Waals surface area contributed by atoms with Gasteiger partial charge in [-0.15, -0.1) is 11.8 Å². The molecule has 1 heteroatoms. The van der Waals surface area contributed by atoms with Crippen molar-refractivity contribution < 1.29 is 4.74 Å². The van der Waals surface area contributed by atoms with Gasteiger partial charge in [-0.05, 0) is 12.8 Å². The maximum atomic E-state index is 5.36. The molecule has 2 unspecified atom stereocenters. The van der Waals surface area contributed by atoms with Crippen molar-refractivity contribution in [1.29, 1.82) is 0 Å². The van der Waals surface area contributed by atoms with Crippen LogP contribution >= 0.6 is 0 Å². The molecule has 1 saturated heterocycles. The van der Waals surface area contributed by atoms with Gasteiger partial charge in [0.05, 0.1) is 12.2 Å². The van der Waals surface area contributed by atoms with Gasteiger partial charge in [0.1, 0.15) is 0 Å². The summed E-state index contributed by atoms with van der Waals surface area (Å²) < 4.78 is 5.36. The Labute approximate surface area is 55.4 Å². The summed E-state index contributed by atoms with van der Waals surface area (Å²) in [6.45, 7) is 0. The van der Waals surface area contributed by atoms with E-state index < -0.39 is 0 Å². The zero-order valence-electron chi connectivity index (χ0n) is 5.39. The molecule has 9 heavy (non-hydrogen) atoms. The van der Waals surface area contributed by atoms with Crippen LogP contribution in [-0.4, -0.2) is 12.2 Å². The maximum Gasteiger partial charge on any atom is 0.0851 e. The first-order valence-corrected chi connectivity index (χ1v) is 3.58. The minimum absolute atomic E-state index is 0.583. The Morgan fingerprint density at radius 2 is 1.56 bits per heavy atom. The molecule has 0 saturated carbocycles. The predicted molar refractivity (Wildman–Crippen MR) is 34.9 cm³/mol. The SMILES string of the molecule is C1#CCCC2OC2CC1. The first-order valence-electron chi connectivity index (χ1n) is 3.58. The lowest BCUT2D eigenvalue weighted by Crippen LogP contribution is -1.94. The van der Waals surface area contributed by atoms with Crippen molar-refractivity contribution in [2.24, 2.45) is 0 Å². The summed E-state index contributed by atoms with van der Waals surface area (Å²) >= 11 is 0. The molecule has 48 valence electrons. The molecule has 0 aromatic rings. The molecular weight excluding hydrogens is 112 g/mol. The largest absolute Gasteiger partial charge is 0.370 e. The van der Waals surface area contributed by atoms with Crippen LogP contribution in [0, 0.1) is 11.8 Å². The van der Waals surface area contributed by atoms with E-state index in [-0.39, 0.29) is 0 Å². The lowest BCUT2D eigenvalue weighted by molar-refractivity contribution is 0.359. The topological polar surface area (TPSA) is 12.5 Å². The first-order chi connectivity index (χ1) is 4.47. The van der Waals surface area contributed by atoms with Gasteiger partial charge < -0.3 is 4.74 Å². The van der Waals surface area contributed by atoms with Crippen LogP contribution in [-0.2, 0) is 4.74 Å². The quantitative estimate of drug-likeness (QED) is 0.349. The molecule has 1 fully saturated rings. The highest BCUT2D eigenvalue weighted by Gasteiger charge is 2.37. The Hall–Kier alpha value is -0.480. The molecule has 0 aromatic heterocycles. The van der Waals surface area contributed by atoms with Crippen molar-refractivity contribution in [3.05, 3.63) is 0 Å². The second kappa shape index (κ2) is 2.04. The number of ether oxygens (including phenoxy) is 1. The number of hydrogen-bond donors (Lipinski definition) is 0. The third-order valence-corrected chi connectivity index (χ3v) is 1.92. The average molecular weight is 122 g/mol. The van der Waals surface area contributed by atoms with Crippen molar-refractivity contribution in [2.75, 3.05) is 0 Å². The van der Waals surface area contributed by atoms with Crippen molar-refractivity contribution in [3.8, 4) is 11.8 Å². The summed E-state index contributed by atoms with van der Waals surface area (Å²) in [4.78, 5) is 0. The average Bonchev–Trinajstić information content (AvgIpc) is 2.46. The number of hydrogen-bond acceptors (Lipinski definition) is 1. The molecule has 1 heterocycles. The fourth-order valence-electron chi connectivity index (χ4n) is 1.29. The number of epoxide rings is 1. The highest BCUT2D eigenvalue weighted by atomic mass is 16.6. The van der Waals surface area contributed by atoms with E-state index in [1.54, 1.807) is 0 Å². The monoisotopic (exact) mass is 122 g/mol. The Balaban J connectivity index is 1.95. The van der Waals surface area contributed by atoms with Gasteiger partial charge in [0, 0.05) is 12.8 Å². The van der Waals surface area contributed by atoms with E-state index in [2.05, 4.69) is 11.8 Å². The second-order valence-corrected chi connectivity index (χ2v) is 2.64. The van der Waals surface area contributed by atoms with Crippen LogP contribution in [0.25, 0.3) is 0 Å². The highest BCUT2D eigenvalue weighted by Crippen LogP contribution is 2.30. The normalized spacial score (nSPS) is 39.1. The zero-order valence-corrected chi connectivity index (χ0v) is 5.39. The standard InChI is InChI=1S/C8H10O/c1-2-4-6-8-7(9-8)5-3-1/h7-8H,3-6H2. The summed E-state index contributed by atoms with van der Waals surface area (Å²) in [6.07, 6.45) is 5.58. The molecule has 1 aliphatic heterocycles. The molecule has 0 aromatic carbocycles. The van der Waals surface area contributed by atoms with Crippen LogP contribution in [0.3, 0.4) is 0 Å². The van der Waals surface area contributed by atoms with Crippen LogP contribution < -0.4 is 0 Å². The Morgan fingerprint density at radius 3 is 2.11 bits per heavy atom. The summed E-state index contributed by atoms with van der Waals surface area (Å²) in [5.74, 6) is 6.23. The van der Waals surface area contributed by atoms with Gasteiger partial charge in [-0.1, -0.05) is 0 Å². The van der Waals surface area contributed by atoms with Crippen LogP contribution in [0.5, 0.6) is 0 Å². The lowest BCUT2D eigenvalue weighted by atomic mass is 10.1. The molecule has 2 atom stereocenters. The Kier molecular flexibility index (Phi) is 1.20. The summed E-state index contributed by atoms with van der Waals surface area (Å²) in [5.41, 5.74) is 0. The molecule has 2 aliphatic rings. The fourth-order valence-corrected chi connectivity index (χ4v) is 1.29. The van der Waals surface area contributed by atoms with Gasteiger partial charge >= 0.3 is 0 Å². The van der Waals surface area contributed by atoms with E-state index >= 15 is 0 Å². The van der Waals surface area contributed by atoms with E-state index in [0.29, 0.717) is 12.2 Å². The van der Waals surface area contributed by atoms with Crippen LogP contribution in [0.1, 0.15) is 25.7 Å². The van der Waals surface area contributed by atoms with E-state index in [4.69, 9.17) is 4.74 Å². The fraction of sp³-hybridized carbons (Fsp3) is 0.750. The molecule has 1 aliphatic carbocycles. The van der Waals surface area contributed by atoms with Crippen molar-refractivity contribution in [3.63, 3.8) is 0 Å². The molecule has 0 spiro atoms. The maximum absolute atomic E-state index is 5.36. The Morgan fingerprint density at radius 1 is 1.00 bits per heavy atom. The van der Waals surface area contributed by atoms with E-state index in [0.717, 1.165) is 25.7 Å². The van der Waals surface area contributed by atoms with E-state index in [1.165, 1.54) is 0 Å². The highest BCUT2D eigenvalue weighted by molar-refractivity contribution is 5.04. The number of fused-ring (bicyclic) bond motifs is 1. The van der Waals surface area contributed by atoms with Gasteiger partial charge in [-0.25, -0.2) is 0 Å². The smallest absolute Gasteiger partial charge is 0.0851 e. The molecule has 1 nitrogen and oxygen atoms in total. The molecule has 0 bridgehead atoms. The molecular formula is C8H10O. The number of rotatable bonds is 0. The van der Waals surface area contributed by atoms with Crippen LogP contribution in [0.4, 0.5) is 0 Å². The van der Waals surface area contributed by atoms with E-state index in [9.17, 15) is 0 Å². The van der Waals surface area contributed by atoms with Gasteiger partial charge in [0.2, 0.25) is 0 Å². The van der Waals surface area contributed by atoms with Crippen molar-refractivity contribution >= 4 is 0 Å². The minimum atomic E-state index is 0.583. The molecule has 0 radical (unpaired) electrons. The zero-order chi connectivity index (χ0) is 6.10. The molecule has 0 N–H and O–H groups in total. The summed E-state index contributed by atoms with van der Waals surface area (Å²) in [7, 11) is 0. The summed E-state index contributed by atoms with van der Waals surface area (Å²) in [5, 5.41) is 0. The molecule has 2 rings (SSSR count). The lowest BCUT2D eigenvalue weighted by Gasteiger charge is -1.91. The minimum Gasteiger partial charge on any atom is -0.370 e. The van der Waals surface area contributed by atoms with E-state index in [1.807, 2.05) is 0 Å². The van der Waals surface area contributed by atoms with Gasteiger partial charge in [0.25, 0.3) is 0 Å². The predicted octanol–water partition coefficient (Wildman–Crippen LogP) is 1.33. The third kappa shape index (κ3) is 1.09. The van der Waals surface area contributed by atoms with Crippen LogP contribution in [0.2, 0.25) is 0 Å². The van der Waals surface area contributed by atoms with Gasteiger partial charge in [-0.2, -0.15) is 0 Å². The second-order valence-electron chi connectivity index (χ2n) is 2.64. The van der Waals surface area contributed by atoms with Crippen molar-refractivity contribution in [2.45, 2.75) is 37.9 Å². The Bertz CT molecular complexity index is 147. The summed E-state index contributed by atoms with van der Waals surface area (Å²) in [6, 6.07) is 0. The van der Waals surface area contributed by atoms with Gasteiger partial charge in [-0.3, -0.25) is 0 Å². The molecule has 0 amide bonds. The van der Waals surface area contributed by atoms with Crippen molar-refractivity contribution in [1.82, 2.24) is 0 Å².